The van der Waals surface area contributed by atoms with Gasteiger partial charge in [0.1, 0.15) is 12.4 Å². The lowest BCUT2D eigenvalue weighted by atomic mass is 10.0. The van der Waals surface area contributed by atoms with Crippen molar-refractivity contribution in [2.24, 2.45) is 5.92 Å². The molecule has 0 amide bonds. The largest absolute Gasteiger partial charge is 0.461 e. The van der Waals surface area contributed by atoms with Gasteiger partial charge in [-0.15, -0.1) is 0 Å². The number of aromatic amines is 1. The fourth-order valence-electron chi connectivity index (χ4n) is 1.59. The van der Waals surface area contributed by atoms with Gasteiger partial charge in [0.2, 0.25) is 0 Å². The number of ether oxygens (including phenoxy) is 1. The number of thioether (sulfide) groups is 1. The number of carbonyl (C=O) groups excluding carboxylic acids is 1. The lowest BCUT2D eigenvalue weighted by Gasteiger charge is -2.05. The van der Waals surface area contributed by atoms with Crippen LogP contribution in [0.5, 0.6) is 0 Å². The zero-order valence-electron chi connectivity index (χ0n) is 8.47. The Bertz CT molecular complexity index is 328. The summed E-state index contributed by atoms with van der Waals surface area (Å²) in [5.74, 6) is 0.781. The first-order valence-corrected chi connectivity index (χ1v) is 5.96. The van der Waals surface area contributed by atoms with Gasteiger partial charge in [-0.3, -0.25) is 9.89 Å². The second kappa shape index (κ2) is 4.65. The van der Waals surface area contributed by atoms with Crippen LogP contribution in [0.25, 0.3) is 0 Å². The van der Waals surface area contributed by atoms with Gasteiger partial charge in [0.25, 0.3) is 0 Å². The molecule has 1 aliphatic rings. The number of hydrogen-bond donors (Lipinski definition) is 1. The van der Waals surface area contributed by atoms with Crippen LogP contribution in [0.15, 0.2) is 11.5 Å². The SMILES string of the molecule is CC[C@@H]1C[C@H](CSc2ncn[nH]2)OC1=O. The van der Waals surface area contributed by atoms with Crippen LogP contribution in [0.2, 0.25) is 0 Å². The maximum Gasteiger partial charge on any atom is 0.309 e. The van der Waals surface area contributed by atoms with Gasteiger partial charge in [-0.1, -0.05) is 18.7 Å². The maximum absolute atomic E-state index is 11.3. The van der Waals surface area contributed by atoms with Gasteiger partial charge in [0.05, 0.1) is 5.92 Å². The maximum atomic E-state index is 11.3. The highest BCUT2D eigenvalue weighted by Gasteiger charge is 2.32. The highest BCUT2D eigenvalue weighted by Crippen LogP contribution is 2.27. The van der Waals surface area contributed by atoms with Crippen LogP contribution in [-0.2, 0) is 9.53 Å². The number of rotatable bonds is 4. The molecule has 82 valence electrons. The van der Waals surface area contributed by atoms with Crippen LogP contribution in [-0.4, -0.2) is 33.0 Å². The number of nitrogens with one attached hydrogen (secondary N) is 1. The Morgan fingerprint density at radius 2 is 2.60 bits per heavy atom. The molecule has 1 aromatic rings. The van der Waals surface area contributed by atoms with Crippen molar-refractivity contribution in [1.82, 2.24) is 15.2 Å². The molecule has 0 saturated carbocycles. The van der Waals surface area contributed by atoms with E-state index in [9.17, 15) is 4.79 Å². The molecule has 1 N–H and O–H groups in total. The van der Waals surface area contributed by atoms with E-state index in [4.69, 9.17) is 4.74 Å². The van der Waals surface area contributed by atoms with E-state index in [2.05, 4.69) is 15.2 Å². The first-order chi connectivity index (χ1) is 7.29. The van der Waals surface area contributed by atoms with Crippen molar-refractivity contribution in [3.05, 3.63) is 6.33 Å². The van der Waals surface area contributed by atoms with Crippen molar-refractivity contribution in [2.75, 3.05) is 5.75 Å². The van der Waals surface area contributed by atoms with Gasteiger partial charge in [0, 0.05) is 5.75 Å². The van der Waals surface area contributed by atoms with E-state index in [1.807, 2.05) is 6.92 Å². The minimum Gasteiger partial charge on any atom is -0.461 e. The summed E-state index contributed by atoms with van der Waals surface area (Å²) in [6, 6.07) is 0. The molecule has 0 aromatic carbocycles. The molecular formula is C9H13N3O2S. The monoisotopic (exact) mass is 227 g/mol. The minimum atomic E-state index is -0.0549. The van der Waals surface area contributed by atoms with Crippen molar-refractivity contribution in [3.8, 4) is 0 Å². The number of esters is 1. The Hall–Kier alpha value is -1.04. The molecule has 2 heterocycles. The molecule has 1 saturated heterocycles. The lowest BCUT2D eigenvalue weighted by molar-refractivity contribution is -0.143. The van der Waals surface area contributed by atoms with E-state index in [1.54, 1.807) is 0 Å². The van der Waals surface area contributed by atoms with Gasteiger partial charge < -0.3 is 4.74 Å². The molecule has 0 spiro atoms. The van der Waals surface area contributed by atoms with Crippen LogP contribution >= 0.6 is 11.8 Å². The van der Waals surface area contributed by atoms with Gasteiger partial charge in [-0.05, 0) is 12.8 Å². The number of carbonyl (C=O) groups is 1. The fraction of sp³-hybridized carbons (Fsp3) is 0.667. The summed E-state index contributed by atoms with van der Waals surface area (Å²) in [6.45, 7) is 2.01. The Morgan fingerprint density at radius 3 is 3.20 bits per heavy atom. The highest BCUT2D eigenvalue weighted by molar-refractivity contribution is 7.99. The van der Waals surface area contributed by atoms with Crippen LogP contribution in [0.3, 0.4) is 0 Å². The molecule has 1 aromatic heterocycles. The second-order valence-corrected chi connectivity index (χ2v) is 4.51. The van der Waals surface area contributed by atoms with E-state index >= 15 is 0 Å². The van der Waals surface area contributed by atoms with Gasteiger partial charge >= 0.3 is 5.97 Å². The Balaban J connectivity index is 1.80. The zero-order chi connectivity index (χ0) is 10.7. The topological polar surface area (TPSA) is 67.9 Å². The normalized spacial score (nSPS) is 25.5. The number of hydrogen-bond acceptors (Lipinski definition) is 5. The fourth-order valence-corrected chi connectivity index (χ4v) is 2.38. The molecule has 1 aliphatic heterocycles. The van der Waals surface area contributed by atoms with Crippen molar-refractivity contribution >= 4 is 17.7 Å². The molecule has 5 nitrogen and oxygen atoms in total. The molecular weight excluding hydrogens is 214 g/mol. The summed E-state index contributed by atoms with van der Waals surface area (Å²) in [5, 5.41) is 7.28. The van der Waals surface area contributed by atoms with E-state index in [-0.39, 0.29) is 18.0 Å². The summed E-state index contributed by atoms with van der Waals surface area (Å²) >= 11 is 1.53. The van der Waals surface area contributed by atoms with Crippen LogP contribution in [0, 0.1) is 5.92 Å². The lowest BCUT2D eigenvalue weighted by Crippen LogP contribution is -2.09. The second-order valence-electron chi connectivity index (χ2n) is 3.50. The molecule has 6 heteroatoms. The Labute approximate surface area is 92.0 Å². The number of H-pyrrole nitrogens is 1. The molecule has 2 atom stereocenters. The molecule has 15 heavy (non-hydrogen) atoms. The van der Waals surface area contributed by atoms with Gasteiger partial charge in [-0.25, -0.2) is 4.98 Å². The summed E-state index contributed by atoms with van der Waals surface area (Å²) in [7, 11) is 0. The van der Waals surface area contributed by atoms with E-state index in [0.717, 1.165) is 23.8 Å². The minimum absolute atomic E-state index is 0.0255. The standard InChI is InChI=1S/C9H13N3O2S/c1-2-6-3-7(14-8(6)13)4-15-9-10-5-11-12-9/h5-7H,2-4H2,1H3,(H,10,11,12)/t6-,7-/m1/s1. The summed E-state index contributed by atoms with van der Waals surface area (Å²) in [6.07, 6.45) is 3.19. The quantitative estimate of drug-likeness (QED) is 0.619. The van der Waals surface area contributed by atoms with Crippen molar-refractivity contribution in [2.45, 2.75) is 31.0 Å². The highest BCUT2D eigenvalue weighted by atomic mass is 32.2. The average Bonchev–Trinajstić information content (AvgIpc) is 2.83. The summed E-state index contributed by atoms with van der Waals surface area (Å²) < 4.78 is 5.24. The molecule has 0 aliphatic carbocycles. The smallest absolute Gasteiger partial charge is 0.309 e. The Kier molecular flexibility index (Phi) is 3.25. The van der Waals surface area contributed by atoms with Crippen LogP contribution < -0.4 is 0 Å². The molecule has 2 rings (SSSR count). The molecule has 0 unspecified atom stereocenters. The molecule has 0 bridgehead atoms. The van der Waals surface area contributed by atoms with Crippen LogP contribution in [0.1, 0.15) is 19.8 Å². The predicted molar refractivity (Wildman–Crippen MR) is 55.4 cm³/mol. The molecule has 1 fully saturated rings. The van der Waals surface area contributed by atoms with Crippen LogP contribution in [0.4, 0.5) is 0 Å². The third-order valence-corrected chi connectivity index (χ3v) is 3.46. The third-order valence-electron chi connectivity index (χ3n) is 2.46. The third kappa shape index (κ3) is 2.50. The summed E-state index contributed by atoms with van der Waals surface area (Å²) in [5.41, 5.74) is 0. The van der Waals surface area contributed by atoms with Gasteiger partial charge in [0.15, 0.2) is 5.16 Å². The van der Waals surface area contributed by atoms with Gasteiger partial charge in [-0.2, -0.15) is 5.10 Å². The summed E-state index contributed by atoms with van der Waals surface area (Å²) in [4.78, 5) is 15.3. The van der Waals surface area contributed by atoms with Crippen molar-refractivity contribution < 1.29 is 9.53 Å². The zero-order valence-corrected chi connectivity index (χ0v) is 9.29. The number of nitrogens with zero attached hydrogens (tertiary/aromatic N) is 2. The average molecular weight is 227 g/mol. The Morgan fingerprint density at radius 1 is 1.73 bits per heavy atom. The first-order valence-electron chi connectivity index (χ1n) is 4.98. The first kappa shape index (κ1) is 10.5. The van der Waals surface area contributed by atoms with E-state index < -0.39 is 0 Å². The van der Waals surface area contributed by atoms with E-state index in [1.165, 1.54) is 18.1 Å². The number of cyclic esters (lactones) is 1. The van der Waals surface area contributed by atoms with Crippen molar-refractivity contribution in [1.29, 1.82) is 0 Å². The number of aromatic nitrogens is 3. The van der Waals surface area contributed by atoms with E-state index in [0.29, 0.717) is 0 Å². The predicted octanol–water partition coefficient (Wildman–Crippen LogP) is 1.24. The van der Waals surface area contributed by atoms with Crippen molar-refractivity contribution in [3.63, 3.8) is 0 Å². The molecule has 0 radical (unpaired) electrons.